The molecular weight excluding hydrogens is 214 g/mol. The summed E-state index contributed by atoms with van der Waals surface area (Å²) in [6.45, 7) is 1.87. The van der Waals surface area contributed by atoms with Gasteiger partial charge in [-0.15, -0.1) is 0 Å². The fraction of sp³-hybridized carbons (Fsp3) is 0.222. The molecule has 0 spiro atoms. The molecule has 0 atom stereocenters. The molecule has 7 heteroatoms. The molecule has 0 radical (unpaired) electrons. The van der Waals surface area contributed by atoms with Crippen LogP contribution in [0.5, 0.6) is 0 Å². The van der Waals surface area contributed by atoms with E-state index in [0.29, 0.717) is 0 Å². The van der Waals surface area contributed by atoms with Crippen LogP contribution in [0.3, 0.4) is 0 Å². The van der Waals surface area contributed by atoms with Gasteiger partial charge in [0, 0.05) is 6.07 Å². The fourth-order valence-corrected chi connectivity index (χ4v) is 1.15. The van der Waals surface area contributed by atoms with Crippen molar-refractivity contribution in [1.82, 2.24) is 0 Å². The first-order valence-electron chi connectivity index (χ1n) is 4.52. The zero-order valence-corrected chi connectivity index (χ0v) is 8.60. The summed E-state index contributed by atoms with van der Waals surface area (Å²) in [5.74, 6) is 4.50. The van der Waals surface area contributed by atoms with E-state index >= 15 is 0 Å². The lowest BCUT2D eigenvalue weighted by molar-refractivity contribution is -0.384. The van der Waals surface area contributed by atoms with Crippen LogP contribution in [0.1, 0.15) is 17.3 Å². The Balaban J connectivity index is 3.11. The van der Waals surface area contributed by atoms with Crippen molar-refractivity contribution < 1.29 is 14.5 Å². The Morgan fingerprint density at radius 3 is 2.81 bits per heavy atom. The van der Waals surface area contributed by atoms with Gasteiger partial charge >= 0.3 is 5.97 Å². The quantitative estimate of drug-likeness (QED) is 0.343. The summed E-state index contributed by atoms with van der Waals surface area (Å²) in [5.41, 5.74) is 2.17. The number of carbonyl (C=O) groups is 1. The summed E-state index contributed by atoms with van der Waals surface area (Å²) < 4.78 is 4.72. The highest BCUT2D eigenvalue weighted by atomic mass is 16.6. The van der Waals surface area contributed by atoms with Gasteiger partial charge in [0.2, 0.25) is 0 Å². The molecule has 0 aromatic heterocycles. The predicted molar refractivity (Wildman–Crippen MR) is 56.9 cm³/mol. The second-order valence-corrected chi connectivity index (χ2v) is 2.85. The van der Waals surface area contributed by atoms with E-state index in [2.05, 4.69) is 5.43 Å². The van der Waals surface area contributed by atoms with Gasteiger partial charge < -0.3 is 10.2 Å². The third kappa shape index (κ3) is 2.45. The molecule has 0 saturated carbocycles. The number of nitrogens with zero attached hydrogens (tertiary/aromatic N) is 1. The number of hydrazine groups is 1. The molecule has 0 heterocycles. The molecule has 1 aromatic carbocycles. The number of nitrogens with one attached hydrogen (secondary N) is 1. The van der Waals surface area contributed by atoms with Gasteiger partial charge in [-0.05, 0) is 19.1 Å². The summed E-state index contributed by atoms with van der Waals surface area (Å²) in [4.78, 5) is 21.4. The average molecular weight is 225 g/mol. The molecule has 7 nitrogen and oxygen atoms in total. The molecule has 0 aliphatic carbocycles. The van der Waals surface area contributed by atoms with E-state index in [1.807, 2.05) is 0 Å². The molecule has 0 fully saturated rings. The maximum Gasteiger partial charge on any atom is 0.338 e. The normalized spacial score (nSPS) is 9.62. The number of ether oxygens (including phenoxy) is 1. The lowest BCUT2D eigenvalue weighted by Gasteiger charge is -2.04. The number of esters is 1. The SMILES string of the molecule is CCOC(=O)c1ccc(NN)c([N+](=O)[O-])c1. The number of hydrogen-bond donors (Lipinski definition) is 2. The third-order valence-corrected chi connectivity index (χ3v) is 1.86. The van der Waals surface area contributed by atoms with Crippen molar-refractivity contribution in [3.63, 3.8) is 0 Å². The first-order valence-corrected chi connectivity index (χ1v) is 4.52. The van der Waals surface area contributed by atoms with Crippen molar-refractivity contribution in [2.24, 2.45) is 5.84 Å². The third-order valence-electron chi connectivity index (χ3n) is 1.86. The number of anilines is 1. The standard InChI is InChI=1S/C9H11N3O4/c1-2-16-9(13)6-3-4-7(11-10)8(5-6)12(14)15/h3-5,11H,2,10H2,1H3. The zero-order chi connectivity index (χ0) is 12.1. The number of carbonyl (C=O) groups excluding carboxylic acids is 1. The summed E-state index contributed by atoms with van der Waals surface area (Å²) in [7, 11) is 0. The zero-order valence-electron chi connectivity index (χ0n) is 8.60. The molecule has 0 saturated heterocycles. The van der Waals surface area contributed by atoms with Gasteiger partial charge in [-0.25, -0.2) is 4.79 Å². The van der Waals surface area contributed by atoms with Crippen LogP contribution in [0.2, 0.25) is 0 Å². The van der Waals surface area contributed by atoms with Crippen LogP contribution >= 0.6 is 0 Å². The number of nitrogens with two attached hydrogens (primary N) is 1. The van der Waals surface area contributed by atoms with E-state index in [1.165, 1.54) is 12.1 Å². The van der Waals surface area contributed by atoms with E-state index < -0.39 is 10.9 Å². The Labute approximate surface area is 91.3 Å². The van der Waals surface area contributed by atoms with Crippen molar-refractivity contribution in [3.05, 3.63) is 33.9 Å². The van der Waals surface area contributed by atoms with Crippen molar-refractivity contribution in [2.45, 2.75) is 6.92 Å². The molecule has 3 N–H and O–H groups in total. The van der Waals surface area contributed by atoms with Crippen LogP contribution in [0.25, 0.3) is 0 Å². The first-order chi connectivity index (χ1) is 7.60. The Morgan fingerprint density at radius 1 is 1.62 bits per heavy atom. The van der Waals surface area contributed by atoms with E-state index in [4.69, 9.17) is 10.6 Å². The van der Waals surface area contributed by atoms with Gasteiger partial charge in [0.15, 0.2) is 0 Å². The van der Waals surface area contributed by atoms with Gasteiger partial charge in [0.25, 0.3) is 5.69 Å². The monoisotopic (exact) mass is 225 g/mol. The van der Waals surface area contributed by atoms with E-state index in [1.54, 1.807) is 6.92 Å². The minimum atomic E-state index is -0.627. The molecule has 16 heavy (non-hydrogen) atoms. The summed E-state index contributed by atoms with van der Waals surface area (Å²) in [5, 5.41) is 10.7. The number of nitrogen functional groups attached to an aromatic ring is 1. The molecular formula is C9H11N3O4. The van der Waals surface area contributed by atoms with Gasteiger partial charge in [0.05, 0.1) is 17.1 Å². The molecule has 0 aliphatic rings. The first kappa shape index (κ1) is 11.9. The van der Waals surface area contributed by atoms with Crippen molar-refractivity contribution in [2.75, 3.05) is 12.0 Å². The molecule has 0 unspecified atom stereocenters. The van der Waals surface area contributed by atoms with Gasteiger partial charge in [0.1, 0.15) is 5.69 Å². The molecule has 1 aromatic rings. The Kier molecular flexibility index (Phi) is 3.78. The summed E-state index contributed by atoms with van der Waals surface area (Å²) in [6.07, 6.45) is 0. The summed E-state index contributed by atoms with van der Waals surface area (Å²) >= 11 is 0. The van der Waals surface area contributed by atoms with Crippen LogP contribution in [0.4, 0.5) is 11.4 Å². The van der Waals surface area contributed by atoms with Gasteiger partial charge in [-0.2, -0.15) is 0 Å². The molecule has 0 bridgehead atoms. The second-order valence-electron chi connectivity index (χ2n) is 2.85. The minimum Gasteiger partial charge on any atom is -0.462 e. The number of nitro groups is 1. The number of nitro benzene ring substituents is 1. The summed E-state index contributed by atoms with van der Waals surface area (Å²) in [6, 6.07) is 3.87. The second kappa shape index (κ2) is 5.08. The largest absolute Gasteiger partial charge is 0.462 e. The Bertz CT molecular complexity index is 419. The molecule has 0 aliphatic heterocycles. The minimum absolute atomic E-state index is 0.118. The highest BCUT2D eigenvalue weighted by molar-refractivity contribution is 5.91. The topological polar surface area (TPSA) is 107 Å². The number of rotatable bonds is 4. The lowest BCUT2D eigenvalue weighted by Crippen LogP contribution is -2.11. The maximum atomic E-state index is 11.3. The maximum absolute atomic E-state index is 11.3. The highest BCUT2D eigenvalue weighted by Gasteiger charge is 2.17. The van der Waals surface area contributed by atoms with Crippen LogP contribution < -0.4 is 11.3 Å². The van der Waals surface area contributed by atoms with Crippen LogP contribution in [0, 0.1) is 10.1 Å². The lowest BCUT2D eigenvalue weighted by atomic mass is 10.2. The van der Waals surface area contributed by atoms with Crippen LogP contribution in [0.15, 0.2) is 18.2 Å². The number of benzene rings is 1. The van der Waals surface area contributed by atoms with E-state index in [-0.39, 0.29) is 23.5 Å². The van der Waals surface area contributed by atoms with Crippen molar-refractivity contribution in [3.8, 4) is 0 Å². The molecule has 1 rings (SSSR count). The van der Waals surface area contributed by atoms with Gasteiger partial charge in [-0.1, -0.05) is 0 Å². The fourth-order valence-electron chi connectivity index (χ4n) is 1.15. The van der Waals surface area contributed by atoms with E-state index in [9.17, 15) is 14.9 Å². The van der Waals surface area contributed by atoms with E-state index in [0.717, 1.165) is 6.07 Å². The predicted octanol–water partition coefficient (Wildman–Crippen LogP) is 1.06. The average Bonchev–Trinajstić information content (AvgIpc) is 2.28. The highest BCUT2D eigenvalue weighted by Crippen LogP contribution is 2.24. The molecule has 0 amide bonds. The van der Waals surface area contributed by atoms with Gasteiger partial charge in [-0.3, -0.25) is 16.0 Å². The van der Waals surface area contributed by atoms with Crippen molar-refractivity contribution in [1.29, 1.82) is 0 Å². The Morgan fingerprint density at radius 2 is 2.31 bits per heavy atom. The molecule has 86 valence electrons. The number of hydrogen-bond acceptors (Lipinski definition) is 6. The van der Waals surface area contributed by atoms with Crippen LogP contribution in [-0.2, 0) is 4.74 Å². The Hall–Kier alpha value is -2.15. The van der Waals surface area contributed by atoms with Crippen LogP contribution in [-0.4, -0.2) is 17.5 Å². The van der Waals surface area contributed by atoms with Crippen molar-refractivity contribution >= 4 is 17.3 Å². The smallest absolute Gasteiger partial charge is 0.338 e.